The van der Waals surface area contributed by atoms with Crippen LogP contribution in [0.25, 0.3) is 11.0 Å². The molecule has 0 fully saturated rings. The van der Waals surface area contributed by atoms with E-state index in [2.05, 4.69) is 9.97 Å². The highest BCUT2D eigenvalue weighted by Gasteiger charge is 2.06. The zero-order valence-corrected chi connectivity index (χ0v) is 6.76. The third-order valence-electron chi connectivity index (χ3n) is 2.00. The van der Waals surface area contributed by atoms with Crippen LogP contribution >= 0.6 is 0 Å². The van der Waals surface area contributed by atoms with Crippen molar-refractivity contribution in [3.63, 3.8) is 0 Å². The number of nitrogens with one attached hydrogen (secondary N) is 1. The average Bonchev–Trinajstić information content (AvgIpc) is 2.52. The van der Waals surface area contributed by atoms with E-state index in [4.69, 9.17) is 0 Å². The van der Waals surface area contributed by atoms with Crippen LogP contribution in [-0.2, 0) is 6.42 Å². The first kappa shape index (κ1) is 7.28. The van der Waals surface area contributed by atoms with Crippen molar-refractivity contribution in [3.05, 3.63) is 29.8 Å². The fraction of sp³-hybridized carbons (Fsp3) is 0.222. The van der Waals surface area contributed by atoms with E-state index in [1.54, 1.807) is 6.20 Å². The van der Waals surface area contributed by atoms with Crippen molar-refractivity contribution in [1.29, 1.82) is 0 Å². The molecule has 0 aromatic carbocycles. The molecule has 2 rings (SSSR count). The lowest BCUT2D eigenvalue weighted by atomic mass is 10.1. The molecule has 3 heteroatoms. The highest BCUT2D eigenvalue weighted by Crippen LogP contribution is 2.18. The van der Waals surface area contributed by atoms with Crippen molar-refractivity contribution in [3.8, 4) is 0 Å². The molecule has 0 atom stereocenters. The first-order valence-corrected chi connectivity index (χ1v) is 3.93. The van der Waals surface area contributed by atoms with E-state index >= 15 is 0 Å². The Labute approximate surface area is 69.4 Å². The summed E-state index contributed by atoms with van der Waals surface area (Å²) in [5.41, 5.74) is 1.49. The minimum Gasteiger partial charge on any atom is -0.346 e. The van der Waals surface area contributed by atoms with E-state index in [1.807, 2.05) is 13.0 Å². The van der Waals surface area contributed by atoms with Crippen molar-refractivity contribution < 1.29 is 4.39 Å². The van der Waals surface area contributed by atoms with Crippen LogP contribution in [-0.4, -0.2) is 9.97 Å². The summed E-state index contributed by atoms with van der Waals surface area (Å²) in [5, 5.41) is 0.887. The first-order valence-electron chi connectivity index (χ1n) is 3.93. The molecule has 0 unspecified atom stereocenters. The van der Waals surface area contributed by atoms with Crippen LogP contribution in [0.3, 0.4) is 0 Å². The molecule has 62 valence electrons. The third kappa shape index (κ3) is 0.897. The number of halogens is 1. The highest BCUT2D eigenvalue weighted by molar-refractivity contribution is 5.79. The SMILES string of the molecule is CCc1c(F)cnc2[nH]ccc12. The van der Waals surface area contributed by atoms with E-state index in [9.17, 15) is 4.39 Å². The Bertz CT molecular complexity index is 406. The Kier molecular flexibility index (Phi) is 1.57. The van der Waals surface area contributed by atoms with Crippen LogP contribution in [0.5, 0.6) is 0 Å². The molecule has 0 amide bonds. The fourth-order valence-electron chi connectivity index (χ4n) is 1.40. The maximum Gasteiger partial charge on any atom is 0.145 e. The zero-order valence-electron chi connectivity index (χ0n) is 6.76. The number of pyridine rings is 1. The number of aromatic amines is 1. The summed E-state index contributed by atoms with van der Waals surface area (Å²) < 4.78 is 13.1. The van der Waals surface area contributed by atoms with Gasteiger partial charge in [0.15, 0.2) is 0 Å². The van der Waals surface area contributed by atoms with Gasteiger partial charge in [0.05, 0.1) is 6.20 Å². The summed E-state index contributed by atoms with van der Waals surface area (Å²) in [6.07, 6.45) is 3.73. The quantitative estimate of drug-likeness (QED) is 0.688. The lowest BCUT2D eigenvalue weighted by Crippen LogP contribution is -1.90. The van der Waals surface area contributed by atoms with Gasteiger partial charge in [0.2, 0.25) is 0 Å². The number of aromatic nitrogens is 2. The van der Waals surface area contributed by atoms with Gasteiger partial charge in [-0.2, -0.15) is 0 Å². The van der Waals surface area contributed by atoms with E-state index in [0.717, 1.165) is 16.6 Å². The molecule has 2 heterocycles. The van der Waals surface area contributed by atoms with E-state index in [-0.39, 0.29) is 5.82 Å². The van der Waals surface area contributed by atoms with Crippen LogP contribution in [0.4, 0.5) is 4.39 Å². The molecular formula is C9H9FN2. The average molecular weight is 164 g/mol. The number of aryl methyl sites for hydroxylation is 1. The Morgan fingerprint density at radius 2 is 2.42 bits per heavy atom. The summed E-state index contributed by atoms with van der Waals surface area (Å²) in [5.74, 6) is -0.218. The van der Waals surface area contributed by atoms with Gasteiger partial charge in [0.25, 0.3) is 0 Å². The van der Waals surface area contributed by atoms with Crippen molar-refractivity contribution >= 4 is 11.0 Å². The zero-order chi connectivity index (χ0) is 8.55. The van der Waals surface area contributed by atoms with Gasteiger partial charge in [-0.3, -0.25) is 0 Å². The van der Waals surface area contributed by atoms with E-state index < -0.39 is 0 Å². The van der Waals surface area contributed by atoms with E-state index in [0.29, 0.717) is 6.42 Å². The minimum absolute atomic E-state index is 0.218. The molecule has 0 saturated heterocycles. The van der Waals surface area contributed by atoms with Crippen LogP contribution in [0, 0.1) is 5.82 Å². The molecule has 2 aromatic rings. The Hall–Kier alpha value is -1.38. The first-order chi connectivity index (χ1) is 5.83. The maximum atomic E-state index is 13.1. The number of nitrogens with zero attached hydrogens (tertiary/aromatic N) is 1. The molecular weight excluding hydrogens is 155 g/mol. The molecule has 2 nitrogen and oxygen atoms in total. The number of hydrogen-bond acceptors (Lipinski definition) is 1. The standard InChI is InChI=1S/C9H9FN2/c1-2-6-7-3-4-11-9(7)12-5-8(6)10/h3-5H,2H2,1H3,(H,11,12). The topological polar surface area (TPSA) is 28.7 Å². The molecule has 0 aliphatic carbocycles. The smallest absolute Gasteiger partial charge is 0.145 e. The second kappa shape index (κ2) is 2.59. The Balaban J connectivity index is 2.83. The van der Waals surface area contributed by atoms with Gasteiger partial charge in [0, 0.05) is 17.1 Å². The van der Waals surface area contributed by atoms with Crippen LogP contribution in [0.2, 0.25) is 0 Å². The Morgan fingerprint density at radius 1 is 1.58 bits per heavy atom. The normalized spacial score (nSPS) is 10.8. The molecule has 12 heavy (non-hydrogen) atoms. The van der Waals surface area contributed by atoms with Crippen LogP contribution in [0.1, 0.15) is 12.5 Å². The molecule has 0 aliphatic rings. The molecule has 0 radical (unpaired) electrons. The largest absolute Gasteiger partial charge is 0.346 e. The second-order valence-electron chi connectivity index (χ2n) is 2.68. The number of H-pyrrole nitrogens is 1. The second-order valence-corrected chi connectivity index (χ2v) is 2.68. The van der Waals surface area contributed by atoms with Crippen molar-refractivity contribution in [2.45, 2.75) is 13.3 Å². The van der Waals surface area contributed by atoms with Gasteiger partial charge in [-0.05, 0) is 12.5 Å². The number of hydrogen-bond donors (Lipinski definition) is 1. The van der Waals surface area contributed by atoms with Gasteiger partial charge in [-0.15, -0.1) is 0 Å². The molecule has 1 N–H and O–H groups in total. The van der Waals surface area contributed by atoms with Gasteiger partial charge in [-0.1, -0.05) is 6.92 Å². The van der Waals surface area contributed by atoms with Crippen molar-refractivity contribution in [2.24, 2.45) is 0 Å². The summed E-state index contributed by atoms with van der Waals surface area (Å²) in [6.45, 7) is 1.94. The Morgan fingerprint density at radius 3 is 3.17 bits per heavy atom. The predicted molar refractivity (Wildman–Crippen MR) is 45.4 cm³/mol. The number of rotatable bonds is 1. The maximum absolute atomic E-state index is 13.1. The van der Waals surface area contributed by atoms with E-state index in [1.165, 1.54) is 6.20 Å². The summed E-state index contributed by atoms with van der Waals surface area (Å²) in [7, 11) is 0. The number of fused-ring (bicyclic) bond motifs is 1. The highest BCUT2D eigenvalue weighted by atomic mass is 19.1. The summed E-state index contributed by atoms with van der Waals surface area (Å²) >= 11 is 0. The molecule has 2 aromatic heterocycles. The van der Waals surface area contributed by atoms with Crippen molar-refractivity contribution in [2.75, 3.05) is 0 Å². The van der Waals surface area contributed by atoms with Gasteiger partial charge >= 0.3 is 0 Å². The van der Waals surface area contributed by atoms with Gasteiger partial charge in [0.1, 0.15) is 11.5 Å². The van der Waals surface area contributed by atoms with Gasteiger partial charge in [-0.25, -0.2) is 9.37 Å². The molecule has 0 bridgehead atoms. The van der Waals surface area contributed by atoms with Crippen LogP contribution < -0.4 is 0 Å². The third-order valence-corrected chi connectivity index (χ3v) is 2.00. The molecule has 0 saturated carbocycles. The molecule has 0 aliphatic heterocycles. The minimum atomic E-state index is -0.218. The predicted octanol–water partition coefficient (Wildman–Crippen LogP) is 2.26. The lowest BCUT2D eigenvalue weighted by molar-refractivity contribution is 0.609. The molecule has 0 spiro atoms. The summed E-state index contributed by atoms with van der Waals surface area (Å²) in [6, 6.07) is 1.85. The lowest BCUT2D eigenvalue weighted by Gasteiger charge is -1.99. The monoisotopic (exact) mass is 164 g/mol. The summed E-state index contributed by atoms with van der Waals surface area (Å²) in [4.78, 5) is 6.86. The van der Waals surface area contributed by atoms with Crippen LogP contribution in [0.15, 0.2) is 18.5 Å². The van der Waals surface area contributed by atoms with Crippen molar-refractivity contribution in [1.82, 2.24) is 9.97 Å². The van der Waals surface area contributed by atoms with Gasteiger partial charge < -0.3 is 4.98 Å². The fourth-order valence-corrected chi connectivity index (χ4v) is 1.40.